The Morgan fingerprint density at radius 2 is 0.939 bits per heavy atom. The molecule has 0 heterocycles. The summed E-state index contributed by atoms with van der Waals surface area (Å²) in [6.45, 7) is 0. The van der Waals surface area contributed by atoms with Gasteiger partial charge in [-0.3, -0.25) is 0 Å². The van der Waals surface area contributed by atoms with Gasteiger partial charge in [0.2, 0.25) is 0 Å². The fraction of sp³-hybridized carbons (Fsp3) is 0. The van der Waals surface area contributed by atoms with Gasteiger partial charge in [0, 0.05) is 34.5 Å². The van der Waals surface area contributed by atoms with Crippen LogP contribution < -0.4 is 15.0 Å². The summed E-state index contributed by atoms with van der Waals surface area (Å²) < 4.78 is 6.10. The van der Waals surface area contributed by atoms with E-state index in [2.05, 4.69) is 83.0 Å². The van der Waals surface area contributed by atoms with Crippen LogP contribution in [-0.4, -0.2) is 0 Å². The Morgan fingerprint density at radius 3 is 1.67 bits per heavy atom. The summed E-state index contributed by atoms with van der Waals surface area (Å²) in [6.07, 6.45) is 0. The van der Waals surface area contributed by atoms with Crippen molar-refractivity contribution >= 4 is 28.4 Å². The smallest absolute Gasteiger partial charge is 0.129 e. The van der Waals surface area contributed by atoms with Crippen molar-refractivity contribution in [2.45, 2.75) is 0 Å². The molecule has 0 aliphatic heterocycles. The molecule has 0 fully saturated rings. The van der Waals surface area contributed by atoms with Crippen LogP contribution in [0.15, 0.2) is 140 Å². The van der Waals surface area contributed by atoms with Crippen LogP contribution in [0, 0.1) is 0 Å². The summed E-state index contributed by atoms with van der Waals surface area (Å²) in [5, 5.41) is 3.49. The highest BCUT2D eigenvalue weighted by Crippen LogP contribution is 2.37. The predicted molar refractivity (Wildman–Crippen MR) is 137 cm³/mol. The number of hydrogen-bond acceptors (Lipinski definition) is 3. The zero-order chi connectivity index (χ0) is 22.3. The van der Waals surface area contributed by atoms with Crippen LogP contribution in [-0.2, 0) is 0 Å². The molecular weight excluding hydrogens is 404 g/mol. The van der Waals surface area contributed by atoms with E-state index in [4.69, 9.17) is 4.74 Å². The van der Waals surface area contributed by atoms with E-state index in [9.17, 15) is 0 Å². The van der Waals surface area contributed by atoms with Crippen molar-refractivity contribution in [2.24, 2.45) is 0 Å². The van der Waals surface area contributed by atoms with Crippen molar-refractivity contribution in [2.75, 3.05) is 10.2 Å². The van der Waals surface area contributed by atoms with E-state index < -0.39 is 0 Å². The third kappa shape index (κ3) is 5.05. The molecular formula is C30H24N2O. The summed E-state index contributed by atoms with van der Waals surface area (Å²) in [5.74, 6) is 1.60. The summed E-state index contributed by atoms with van der Waals surface area (Å²) >= 11 is 0. The minimum Gasteiger partial charge on any atom is -0.457 e. The number of benzene rings is 5. The van der Waals surface area contributed by atoms with Gasteiger partial charge in [-0.1, -0.05) is 66.7 Å². The molecule has 0 aromatic heterocycles. The van der Waals surface area contributed by atoms with Crippen LogP contribution in [0.25, 0.3) is 0 Å². The molecule has 160 valence electrons. The zero-order valence-corrected chi connectivity index (χ0v) is 18.1. The predicted octanol–water partition coefficient (Wildman–Crippen LogP) is 8.69. The van der Waals surface area contributed by atoms with E-state index in [-0.39, 0.29) is 0 Å². The maximum atomic E-state index is 6.10. The van der Waals surface area contributed by atoms with Gasteiger partial charge in [-0.2, -0.15) is 0 Å². The highest BCUT2D eigenvalue weighted by molar-refractivity contribution is 5.79. The van der Waals surface area contributed by atoms with Crippen molar-refractivity contribution < 1.29 is 4.74 Å². The number of anilines is 5. The Balaban J connectivity index is 1.52. The summed E-state index contributed by atoms with van der Waals surface area (Å²) in [5.41, 5.74) is 5.23. The second kappa shape index (κ2) is 9.75. The van der Waals surface area contributed by atoms with Gasteiger partial charge in [-0.15, -0.1) is 0 Å². The number of rotatable bonds is 7. The van der Waals surface area contributed by atoms with E-state index in [0.29, 0.717) is 0 Å². The molecule has 33 heavy (non-hydrogen) atoms. The van der Waals surface area contributed by atoms with Crippen molar-refractivity contribution in [1.29, 1.82) is 0 Å². The van der Waals surface area contributed by atoms with Gasteiger partial charge in [0.15, 0.2) is 0 Å². The van der Waals surface area contributed by atoms with Crippen LogP contribution >= 0.6 is 0 Å². The lowest BCUT2D eigenvalue weighted by Crippen LogP contribution is -2.10. The zero-order valence-electron chi connectivity index (χ0n) is 18.1. The molecule has 5 aromatic rings. The summed E-state index contributed by atoms with van der Waals surface area (Å²) in [6, 6.07) is 47.0. The average Bonchev–Trinajstić information content (AvgIpc) is 2.87. The normalized spacial score (nSPS) is 10.4. The Kier molecular flexibility index (Phi) is 6.03. The first-order valence-electron chi connectivity index (χ1n) is 11.0. The Hall–Kier alpha value is -4.50. The Labute approximate surface area is 194 Å². The lowest BCUT2D eigenvalue weighted by Gasteiger charge is -2.26. The van der Waals surface area contributed by atoms with Gasteiger partial charge >= 0.3 is 0 Å². The van der Waals surface area contributed by atoms with Crippen molar-refractivity contribution in [3.05, 3.63) is 140 Å². The SMILES string of the molecule is c1ccc(Nc2cccc(N(c3ccccc3)c3cccc(Oc4ccccc4)c3)c2)cc1. The van der Waals surface area contributed by atoms with Gasteiger partial charge < -0.3 is 15.0 Å². The molecule has 5 rings (SSSR count). The van der Waals surface area contributed by atoms with Gasteiger partial charge in [0.25, 0.3) is 0 Å². The number of nitrogens with zero attached hydrogens (tertiary/aromatic N) is 1. The highest BCUT2D eigenvalue weighted by Gasteiger charge is 2.14. The maximum absolute atomic E-state index is 6.10. The lowest BCUT2D eigenvalue weighted by molar-refractivity contribution is 0.483. The number of ether oxygens (including phenoxy) is 1. The van der Waals surface area contributed by atoms with Crippen molar-refractivity contribution in [3.63, 3.8) is 0 Å². The molecule has 3 heteroatoms. The van der Waals surface area contributed by atoms with Crippen LogP contribution in [0.1, 0.15) is 0 Å². The monoisotopic (exact) mass is 428 g/mol. The maximum Gasteiger partial charge on any atom is 0.129 e. The molecule has 1 N–H and O–H groups in total. The molecule has 0 spiro atoms. The quantitative estimate of drug-likeness (QED) is 0.280. The molecule has 0 atom stereocenters. The van der Waals surface area contributed by atoms with E-state index in [1.165, 1.54) is 0 Å². The van der Waals surface area contributed by atoms with Crippen LogP contribution in [0.5, 0.6) is 11.5 Å². The van der Waals surface area contributed by atoms with Crippen molar-refractivity contribution in [3.8, 4) is 11.5 Å². The molecule has 0 bridgehead atoms. The highest BCUT2D eigenvalue weighted by atomic mass is 16.5. The topological polar surface area (TPSA) is 24.5 Å². The lowest BCUT2D eigenvalue weighted by atomic mass is 10.1. The van der Waals surface area contributed by atoms with E-state index >= 15 is 0 Å². The van der Waals surface area contributed by atoms with Gasteiger partial charge in [0.05, 0.1) is 0 Å². The second-order valence-electron chi connectivity index (χ2n) is 7.62. The number of para-hydroxylation sites is 3. The second-order valence-corrected chi connectivity index (χ2v) is 7.62. The van der Waals surface area contributed by atoms with Crippen molar-refractivity contribution in [1.82, 2.24) is 0 Å². The average molecular weight is 429 g/mol. The van der Waals surface area contributed by atoms with E-state index in [0.717, 1.165) is 39.9 Å². The fourth-order valence-electron chi connectivity index (χ4n) is 3.75. The Bertz CT molecular complexity index is 1220. The number of nitrogens with one attached hydrogen (secondary N) is 1. The summed E-state index contributed by atoms with van der Waals surface area (Å²) in [7, 11) is 0. The largest absolute Gasteiger partial charge is 0.457 e. The molecule has 0 aliphatic rings. The van der Waals surface area contributed by atoms with Gasteiger partial charge in [-0.25, -0.2) is 0 Å². The third-order valence-electron chi connectivity index (χ3n) is 5.24. The molecule has 0 saturated heterocycles. The Morgan fingerprint density at radius 1 is 0.424 bits per heavy atom. The minimum atomic E-state index is 0.790. The minimum absolute atomic E-state index is 0.790. The molecule has 0 aliphatic carbocycles. The van der Waals surface area contributed by atoms with Gasteiger partial charge in [0.1, 0.15) is 11.5 Å². The first-order chi connectivity index (χ1) is 16.3. The van der Waals surface area contributed by atoms with Crippen LogP contribution in [0.3, 0.4) is 0 Å². The van der Waals surface area contributed by atoms with E-state index in [1.807, 2.05) is 66.7 Å². The summed E-state index contributed by atoms with van der Waals surface area (Å²) in [4.78, 5) is 2.23. The molecule has 3 nitrogen and oxygen atoms in total. The first kappa shape index (κ1) is 20.4. The first-order valence-corrected chi connectivity index (χ1v) is 11.0. The molecule has 0 amide bonds. The standard InChI is InChI=1S/C30H24N2O/c1-4-12-24(13-5-1)31-25-14-10-17-27(22-25)32(26-15-6-2-7-16-26)28-18-11-21-30(23-28)33-29-19-8-3-9-20-29/h1-23,31H. The molecule has 0 radical (unpaired) electrons. The number of hydrogen-bond donors (Lipinski definition) is 1. The molecule has 5 aromatic carbocycles. The molecule has 0 unspecified atom stereocenters. The molecule has 0 saturated carbocycles. The van der Waals surface area contributed by atoms with Gasteiger partial charge in [-0.05, 0) is 66.7 Å². The van der Waals surface area contributed by atoms with Crippen LogP contribution in [0.2, 0.25) is 0 Å². The fourth-order valence-corrected chi connectivity index (χ4v) is 3.75. The third-order valence-corrected chi connectivity index (χ3v) is 5.24. The van der Waals surface area contributed by atoms with Crippen LogP contribution in [0.4, 0.5) is 28.4 Å². The van der Waals surface area contributed by atoms with E-state index in [1.54, 1.807) is 0 Å².